The number of rotatable bonds is 2. The second-order valence-electron chi connectivity index (χ2n) is 9.12. The van der Waals surface area contributed by atoms with Crippen molar-refractivity contribution in [3.05, 3.63) is 77.1 Å². The number of aromatic nitrogens is 2. The molecular weight excluding hydrogens is 440 g/mol. The lowest BCUT2D eigenvalue weighted by molar-refractivity contribution is 0.0167. The first-order chi connectivity index (χ1) is 15.6. The Hall–Kier alpha value is -3.32. The van der Waals surface area contributed by atoms with E-state index in [4.69, 9.17) is 16.3 Å². The van der Waals surface area contributed by atoms with Gasteiger partial charge in [0, 0.05) is 24.6 Å². The van der Waals surface area contributed by atoms with E-state index in [1.165, 1.54) is 0 Å². The number of hydrogen-bond acceptors (Lipinski definition) is 4. The fourth-order valence-electron chi connectivity index (χ4n) is 3.85. The molecule has 2 heterocycles. The van der Waals surface area contributed by atoms with E-state index >= 15 is 0 Å². The minimum Gasteiger partial charge on any atom is -0.444 e. The molecule has 3 aromatic rings. The standard InChI is InChI=1S/C25H27ClN4O3/c1-17-15-29(23(31)20-11-10-19(14-21(20)26)30-13-7-12-27-30)22-9-6-5-8-18(22)16-28(17)24(32)33-25(2,3)4/h5-14,17H,15-16H2,1-4H3/t17-/m1/s1. The molecule has 1 aliphatic heterocycles. The molecule has 0 radical (unpaired) electrons. The Morgan fingerprint density at radius 1 is 1.12 bits per heavy atom. The number of ether oxygens (including phenoxy) is 1. The number of hydrogen-bond donors (Lipinski definition) is 0. The lowest BCUT2D eigenvalue weighted by Gasteiger charge is -2.31. The molecule has 33 heavy (non-hydrogen) atoms. The molecule has 2 amide bonds. The maximum Gasteiger partial charge on any atom is 0.410 e. The van der Waals surface area contributed by atoms with Crippen LogP contribution >= 0.6 is 11.6 Å². The Balaban J connectivity index is 1.67. The second kappa shape index (κ2) is 8.90. The van der Waals surface area contributed by atoms with Crippen LogP contribution in [0.5, 0.6) is 0 Å². The van der Waals surface area contributed by atoms with Crippen molar-refractivity contribution in [1.29, 1.82) is 0 Å². The lowest BCUT2D eigenvalue weighted by Crippen LogP contribution is -2.46. The average Bonchev–Trinajstić information content (AvgIpc) is 3.24. The molecular formula is C25H27ClN4O3. The van der Waals surface area contributed by atoms with E-state index in [9.17, 15) is 9.59 Å². The average molecular weight is 467 g/mol. The maximum atomic E-state index is 13.7. The van der Waals surface area contributed by atoms with Gasteiger partial charge in [0.15, 0.2) is 0 Å². The Morgan fingerprint density at radius 3 is 2.55 bits per heavy atom. The third-order valence-corrected chi connectivity index (χ3v) is 5.74. The van der Waals surface area contributed by atoms with Gasteiger partial charge in [-0.2, -0.15) is 5.10 Å². The summed E-state index contributed by atoms with van der Waals surface area (Å²) in [5, 5.41) is 4.55. The van der Waals surface area contributed by atoms with Gasteiger partial charge in [0.2, 0.25) is 0 Å². The Morgan fingerprint density at radius 2 is 1.88 bits per heavy atom. The van der Waals surface area contributed by atoms with E-state index in [0.29, 0.717) is 23.7 Å². The quantitative estimate of drug-likeness (QED) is 0.513. The summed E-state index contributed by atoms with van der Waals surface area (Å²) < 4.78 is 7.30. The molecule has 1 atom stereocenters. The number of para-hydroxylation sites is 1. The third kappa shape index (κ3) is 4.88. The topological polar surface area (TPSA) is 67.7 Å². The molecule has 0 unspecified atom stereocenters. The summed E-state index contributed by atoms with van der Waals surface area (Å²) in [6.07, 6.45) is 3.09. The molecule has 0 bridgehead atoms. The van der Waals surface area contributed by atoms with Gasteiger partial charge in [0.05, 0.1) is 28.9 Å². The van der Waals surface area contributed by atoms with Crippen molar-refractivity contribution in [3.8, 4) is 5.69 Å². The number of halogens is 1. The van der Waals surface area contributed by atoms with Gasteiger partial charge < -0.3 is 9.64 Å². The number of anilines is 1. The predicted octanol–water partition coefficient (Wildman–Crippen LogP) is 5.31. The summed E-state index contributed by atoms with van der Waals surface area (Å²) in [7, 11) is 0. The van der Waals surface area contributed by atoms with E-state index < -0.39 is 11.7 Å². The van der Waals surface area contributed by atoms with Crippen LogP contribution < -0.4 is 4.90 Å². The highest BCUT2D eigenvalue weighted by atomic mass is 35.5. The van der Waals surface area contributed by atoms with Gasteiger partial charge in [-0.1, -0.05) is 29.8 Å². The molecule has 1 aromatic heterocycles. The molecule has 0 aliphatic carbocycles. The second-order valence-corrected chi connectivity index (χ2v) is 9.52. The lowest BCUT2D eigenvalue weighted by atomic mass is 10.1. The fourth-order valence-corrected chi connectivity index (χ4v) is 4.11. The van der Waals surface area contributed by atoms with Gasteiger partial charge in [-0.25, -0.2) is 9.48 Å². The summed E-state index contributed by atoms with van der Waals surface area (Å²) in [4.78, 5) is 29.9. The van der Waals surface area contributed by atoms with Crippen LogP contribution in [0.1, 0.15) is 43.6 Å². The normalized spacial score (nSPS) is 16.2. The zero-order valence-corrected chi connectivity index (χ0v) is 19.9. The van der Waals surface area contributed by atoms with Crippen LogP contribution in [0.25, 0.3) is 5.69 Å². The molecule has 8 heteroatoms. The van der Waals surface area contributed by atoms with Crippen molar-refractivity contribution in [2.75, 3.05) is 11.4 Å². The van der Waals surface area contributed by atoms with E-state index in [-0.39, 0.29) is 11.9 Å². The summed E-state index contributed by atoms with van der Waals surface area (Å²) in [5.41, 5.74) is 2.17. The van der Waals surface area contributed by atoms with Crippen molar-refractivity contribution in [2.24, 2.45) is 0 Å². The minimum atomic E-state index is -0.609. The molecule has 0 saturated carbocycles. The van der Waals surface area contributed by atoms with Gasteiger partial charge in [0.25, 0.3) is 5.91 Å². The first-order valence-electron chi connectivity index (χ1n) is 10.8. The molecule has 7 nitrogen and oxygen atoms in total. The molecule has 172 valence electrons. The number of nitrogens with zero attached hydrogens (tertiary/aromatic N) is 4. The molecule has 0 saturated heterocycles. The Kier molecular flexibility index (Phi) is 6.17. The van der Waals surface area contributed by atoms with E-state index in [0.717, 1.165) is 16.9 Å². The van der Waals surface area contributed by atoms with Gasteiger partial charge in [-0.05, 0) is 63.6 Å². The number of benzene rings is 2. The number of fused-ring (bicyclic) bond motifs is 1. The maximum absolute atomic E-state index is 13.7. The van der Waals surface area contributed by atoms with Gasteiger partial charge in [0.1, 0.15) is 5.60 Å². The zero-order valence-electron chi connectivity index (χ0n) is 19.2. The molecule has 0 N–H and O–H groups in total. The van der Waals surface area contributed by atoms with Crippen LogP contribution in [0.2, 0.25) is 5.02 Å². The van der Waals surface area contributed by atoms with Crippen LogP contribution in [0, 0.1) is 0 Å². The third-order valence-electron chi connectivity index (χ3n) is 5.43. The summed E-state index contributed by atoms with van der Waals surface area (Å²) in [5.74, 6) is -0.225. The molecule has 4 rings (SSSR count). The predicted molar refractivity (Wildman–Crippen MR) is 128 cm³/mol. The van der Waals surface area contributed by atoms with Crippen LogP contribution in [0.4, 0.5) is 10.5 Å². The minimum absolute atomic E-state index is 0.225. The number of carbonyl (C=O) groups excluding carboxylic acids is 2. The fraction of sp³-hybridized carbons (Fsp3) is 0.320. The van der Waals surface area contributed by atoms with Gasteiger partial charge in [-0.15, -0.1) is 0 Å². The Bertz CT molecular complexity index is 1170. The van der Waals surface area contributed by atoms with Gasteiger partial charge >= 0.3 is 6.09 Å². The molecule has 2 aromatic carbocycles. The van der Waals surface area contributed by atoms with E-state index in [1.807, 2.05) is 70.3 Å². The van der Waals surface area contributed by atoms with Crippen molar-refractivity contribution in [2.45, 2.75) is 45.9 Å². The molecule has 0 spiro atoms. The zero-order chi connectivity index (χ0) is 23.8. The van der Waals surface area contributed by atoms with Crippen LogP contribution in [0.15, 0.2) is 60.9 Å². The monoisotopic (exact) mass is 466 g/mol. The van der Waals surface area contributed by atoms with Crippen molar-refractivity contribution in [3.63, 3.8) is 0 Å². The highest BCUT2D eigenvalue weighted by molar-refractivity contribution is 6.34. The first-order valence-corrected chi connectivity index (χ1v) is 11.2. The summed E-state index contributed by atoms with van der Waals surface area (Å²) >= 11 is 6.54. The summed E-state index contributed by atoms with van der Waals surface area (Å²) in [6.45, 7) is 8.09. The largest absolute Gasteiger partial charge is 0.444 e. The van der Waals surface area contributed by atoms with Crippen molar-refractivity contribution >= 4 is 29.3 Å². The van der Waals surface area contributed by atoms with Crippen LogP contribution in [-0.2, 0) is 11.3 Å². The summed E-state index contributed by atoms with van der Waals surface area (Å²) in [6, 6.07) is 14.4. The first kappa shape index (κ1) is 22.9. The number of carbonyl (C=O) groups is 2. The smallest absolute Gasteiger partial charge is 0.410 e. The number of amides is 2. The van der Waals surface area contributed by atoms with E-state index in [2.05, 4.69) is 5.10 Å². The Labute approximate surface area is 198 Å². The van der Waals surface area contributed by atoms with E-state index in [1.54, 1.807) is 32.8 Å². The highest BCUT2D eigenvalue weighted by Crippen LogP contribution is 2.31. The van der Waals surface area contributed by atoms with Crippen molar-refractivity contribution < 1.29 is 14.3 Å². The molecule has 1 aliphatic rings. The van der Waals surface area contributed by atoms with Crippen molar-refractivity contribution in [1.82, 2.24) is 14.7 Å². The highest BCUT2D eigenvalue weighted by Gasteiger charge is 2.34. The molecule has 0 fully saturated rings. The van der Waals surface area contributed by atoms with Crippen LogP contribution in [0.3, 0.4) is 0 Å². The van der Waals surface area contributed by atoms with Gasteiger partial charge in [-0.3, -0.25) is 9.69 Å². The van der Waals surface area contributed by atoms with Crippen LogP contribution in [-0.4, -0.2) is 44.9 Å². The SMILES string of the molecule is C[C@@H]1CN(C(=O)c2ccc(-n3cccn3)cc2Cl)c2ccccc2CN1C(=O)OC(C)(C)C.